The SMILES string of the molecule is CC(=O)OCC(=O)[C@H](OC(C)=O)[C@@H](OC(C)=O)[C@@H](CO)OC(C)=O. The molecule has 136 valence electrons. The highest BCUT2D eigenvalue weighted by molar-refractivity contribution is 5.88. The molecule has 0 fully saturated rings. The lowest BCUT2D eigenvalue weighted by Gasteiger charge is -2.30. The van der Waals surface area contributed by atoms with Crippen LogP contribution in [0.25, 0.3) is 0 Å². The van der Waals surface area contributed by atoms with Gasteiger partial charge in [0.25, 0.3) is 0 Å². The second-order valence-electron chi connectivity index (χ2n) is 4.68. The van der Waals surface area contributed by atoms with E-state index in [-0.39, 0.29) is 0 Å². The lowest BCUT2D eigenvalue weighted by atomic mass is 10.0. The van der Waals surface area contributed by atoms with Crippen molar-refractivity contribution in [1.82, 2.24) is 0 Å². The van der Waals surface area contributed by atoms with E-state index in [0.29, 0.717) is 0 Å². The molecule has 0 aromatic heterocycles. The Morgan fingerprint density at radius 1 is 0.792 bits per heavy atom. The van der Waals surface area contributed by atoms with Gasteiger partial charge in [-0.05, 0) is 0 Å². The lowest BCUT2D eigenvalue weighted by Crippen LogP contribution is -2.51. The van der Waals surface area contributed by atoms with Crippen LogP contribution in [0.1, 0.15) is 27.7 Å². The predicted octanol–water partition coefficient (Wildman–Crippen LogP) is -1.09. The summed E-state index contributed by atoms with van der Waals surface area (Å²) >= 11 is 0. The number of esters is 4. The van der Waals surface area contributed by atoms with Gasteiger partial charge in [-0.3, -0.25) is 24.0 Å². The molecule has 0 rings (SSSR count). The minimum atomic E-state index is -1.73. The summed E-state index contributed by atoms with van der Waals surface area (Å²) in [4.78, 5) is 56.5. The Kier molecular flexibility index (Phi) is 9.25. The van der Waals surface area contributed by atoms with Gasteiger partial charge in [-0.1, -0.05) is 0 Å². The normalized spacial score (nSPS) is 13.9. The highest BCUT2D eigenvalue weighted by atomic mass is 16.6. The highest BCUT2D eigenvalue weighted by Gasteiger charge is 2.41. The van der Waals surface area contributed by atoms with Gasteiger partial charge < -0.3 is 24.1 Å². The van der Waals surface area contributed by atoms with Gasteiger partial charge in [0.1, 0.15) is 0 Å². The molecule has 0 aromatic carbocycles. The Labute approximate surface area is 138 Å². The Morgan fingerprint density at radius 3 is 1.67 bits per heavy atom. The summed E-state index contributed by atoms with van der Waals surface area (Å²) in [6.45, 7) is 2.54. The fourth-order valence-corrected chi connectivity index (χ4v) is 1.70. The Balaban J connectivity index is 5.55. The van der Waals surface area contributed by atoms with Gasteiger partial charge in [-0.15, -0.1) is 0 Å². The minimum Gasteiger partial charge on any atom is -0.458 e. The zero-order chi connectivity index (χ0) is 18.9. The summed E-state index contributed by atoms with van der Waals surface area (Å²) < 4.78 is 19.0. The van der Waals surface area contributed by atoms with Crippen LogP contribution in [0.15, 0.2) is 0 Å². The van der Waals surface area contributed by atoms with E-state index in [1.807, 2.05) is 0 Å². The monoisotopic (exact) mass is 348 g/mol. The summed E-state index contributed by atoms with van der Waals surface area (Å²) in [7, 11) is 0. The largest absolute Gasteiger partial charge is 0.458 e. The number of carbonyl (C=O) groups excluding carboxylic acids is 5. The van der Waals surface area contributed by atoms with Crippen LogP contribution in [-0.4, -0.2) is 66.3 Å². The van der Waals surface area contributed by atoms with E-state index >= 15 is 0 Å². The van der Waals surface area contributed by atoms with Crippen molar-refractivity contribution in [2.24, 2.45) is 0 Å². The first-order valence-electron chi connectivity index (χ1n) is 6.87. The minimum absolute atomic E-state index is 0.757. The number of hydrogen-bond donors (Lipinski definition) is 1. The number of aliphatic hydroxyl groups excluding tert-OH is 1. The van der Waals surface area contributed by atoms with E-state index in [1.165, 1.54) is 0 Å². The molecule has 0 aromatic rings. The Bertz CT molecular complexity index is 498. The molecule has 0 amide bonds. The zero-order valence-electron chi connectivity index (χ0n) is 13.8. The standard InChI is InChI=1S/C14H20O10/c1-7(16)21-6-11(20)13(23-9(3)18)14(24-10(4)19)12(5-15)22-8(2)17/h12-15H,5-6H2,1-4H3/t12-,13+,14+/m1/s1. The molecule has 0 saturated carbocycles. The van der Waals surface area contributed by atoms with Crippen LogP contribution in [0.3, 0.4) is 0 Å². The van der Waals surface area contributed by atoms with E-state index in [9.17, 15) is 29.1 Å². The zero-order valence-corrected chi connectivity index (χ0v) is 13.8. The van der Waals surface area contributed by atoms with Crippen LogP contribution >= 0.6 is 0 Å². The van der Waals surface area contributed by atoms with Crippen LogP contribution in [0.4, 0.5) is 0 Å². The molecule has 3 atom stereocenters. The maximum absolute atomic E-state index is 12.1. The van der Waals surface area contributed by atoms with Crippen LogP contribution < -0.4 is 0 Å². The van der Waals surface area contributed by atoms with E-state index < -0.39 is 61.2 Å². The maximum atomic E-state index is 12.1. The summed E-state index contributed by atoms with van der Waals surface area (Å²) in [6.07, 6.45) is -4.80. The number of aliphatic hydroxyl groups is 1. The number of ether oxygens (including phenoxy) is 4. The van der Waals surface area contributed by atoms with Crippen molar-refractivity contribution in [3.63, 3.8) is 0 Å². The van der Waals surface area contributed by atoms with Crippen molar-refractivity contribution >= 4 is 29.7 Å². The van der Waals surface area contributed by atoms with E-state index in [1.54, 1.807) is 0 Å². The number of carbonyl (C=O) groups is 5. The lowest BCUT2D eigenvalue weighted by molar-refractivity contribution is -0.189. The molecular formula is C14H20O10. The third-order valence-electron chi connectivity index (χ3n) is 2.49. The van der Waals surface area contributed by atoms with Crippen molar-refractivity contribution < 1.29 is 48.0 Å². The number of ketones is 1. The molecule has 0 saturated heterocycles. The van der Waals surface area contributed by atoms with E-state index in [0.717, 1.165) is 27.7 Å². The van der Waals surface area contributed by atoms with Gasteiger partial charge in [0, 0.05) is 27.7 Å². The smallest absolute Gasteiger partial charge is 0.303 e. The summed E-state index contributed by atoms with van der Waals surface area (Å²) in [5.41, 5.74) is 0. The average molecular weight is 348 g/mol. The predicted molar refractivity (Wildman–Crippen MR) is 75.4 cm³/mol. The molecule has 0 radical (unpaired) electrons. The fraction of sp³-hybridized carbons (Fsp3) is 0.643. The molecule has 1 N–H and O–H groups in total. The molecule has 0 bridgehead atoms. The van der Waals surface area contributed by atoms with Crippen molar-refractivity contribution in [3.8, 4) is 0 Å². The molecule has 0 aliphatic carbocycles. The highest BCUT2D eigenvalue weighted by Crippen LogP contribution is 2.15. The Hall–Kier alpha value is -2.49. The van der Waals surface area contributed by atoms with Crippen LogP contribution in [0, 0.1) is 0 Å². The molecular weight excluding hydrogens is 328 g/mol. The molecule has 0 unspecified atom stereocenters. The van der Waals surface area contributed by atoms with E-state index in [2.05, 4.69) is 4.74 Å². The van der Waals surface area contributed by atoms with Crippen LogP contribution in [0.2, 0.25) is 0 Å². The third kappa shape index (κ3) is 8.22. The third-order valence-corrected chi connectivity index (χ3v) is 2.49. The quantitative estimate of drug-likeness (QED) is 0.403. The second-order valence-corrected chi connectivity index (χ2v) is 4.68. The molecule has 0 spiro atoms. The topological polar surface area (TPSA) is 143 Å². The summed E-state index contributed by atoms with van der Waals surface area (Å²) in [5, 5.41) is 9.34. The maximum Gasteiger partial charge on any atom is 0.303 e. The van der Waals surface area contributed by atoms with Gasteiger partial charge in [-0.2, -0.15) is 0 Å². The first-order valence-corrected chi connectivity index (χ1v) is 6.87. The van der Waals surface area contributed by atoms with E-state index in [4.69, 9.17) is 14.2 Å². The van der Waals surface area contributed by atoms with Gasteiger partial charge in [0.15, 0.2) is 18.8 Å². The van der Waals surface area contributed by atoms with Crippen LogP contribution in [-0.2, 0) is 42.9 Å². The molecule has 10 nitrogen and oxygen atoms in total. The molecule has 0 aliphatic rings. The van der Waals surface area contributed by atoms with Gasteiger partial charge >= 0.3 is 23.9 Å². The van der Waals surface area contributed by atoms with Crippen molar-refractivity contribution in [3.05, 3.63) is 0 Å². The molecule has 0 heterocycles. The molecule has 10 heteroatoms. The summed E-state index contributed by atoms with van der Waals surface area (Å²) in [5.74, 6) is -4.26. The Morgan fingerprint density at radius 2 is 1.29 bits per heavy atom. The molecule has 24 heavy (non-hydrogen) atoms. The van der Waals surface area contributed by atoms with Crippen LogP contribution in [0.5, 0.6) is 0 Å². The molecule has 0 aliphatic heterocycles. The van der Waals surface area contributed by atoms with Crippen molar-refractivity contribution in [2.45, 2.75) is 46.0 Å². The van der Waals surface area contributed by atoms with Crippen molar-refractivity contribution in [1.29, 1.82) is 0 Å². The summed E-state index contributed by atoms with van der Waals surface area (Å²) in [6, 6.07) is 0. The van der Waals surface area contributed by atoms with Gasteiger partial charge in [-0.25, -0.2) is 0 Å². The first kappa shape index (κ1) is 21.5. The number of Topliss-reactive ketones (excluding diaryl/α,β-unsaturated/α-hetero) is 1. The number of rotatable bonds is 9. The van der Waals surface area contributed by atoms with Gasteiger partial charge in [0.2, 0.25) is 11.9 Å². The average Bonchev–Trinajstić information content (AvgIpc) is 2.45. The fourth-order valence-electron chi connectivity index (χ4n) is 1.70. The second kappa shape index (κ2) is 10.3. The van der Waals surface area contributed by atoms with Gasteiger partial charge in [0.05, 0.1) is 6.61 Å². The number of hydrogen-bond acceptors (Lipinski definition) is 10. The first-order chi connectivity index (χ1) is 11.1. The van der Waals surface area contributed by atoms with Crippen molar-refractivity contribution in [2.75, 3.05) is 13.2 Å².